The van der Waals surface area contributed by atoms with Gasteiger partial charge in [0.25, 0.3) is 5.91 Å². The van der Waals surface area contributed by atoms with E-state index in [4.69, 9.17) is 0 Å². The molecule has 23 heavy (non-hydrogen) atoms. The molecule has 1 aromatic rings. The zero-order valence-corrected chi connectivity index (χ0v) is 14.2. The SMILES string of the molecule is C[C@H]1CCCCN1CCNC(=O)c1ccc2c(c1)NC(=O)CS2. The third-order valence-electron chi connectivity index (χ3n) is 4.50. The highest BCUT2D eigenvalue weighted by atomic mass is 32.2. The third-order valence-corrected chi connectivity index (χ3v) is 5.57. The molecule has 5 nitrogen and oxygen atoms in total. The van der Waals surface area contributed by atoms with Crippen LogP contribution in [0.3, 0.4) is 0 Å². The smallest absolute Gasteiger partial charge is 0.251 e. The standard InChI is InChI=1S/C17H23N3O2S/c1-12-4-2-3-8-20(12)9-7-18-17(22)13-5-6-15-14(10-13)19-16(21)11-23-15/h5-6,10,12H,2-4,7-9,11H2,1H3,(H,18,22)(H,19,21)/t12-/m0/s1. The Morgan fingerprint density at radius 1 is 1.43 bits per heavy atom. The van der Waals surface area contributed by atoms with Crippen LogP contribution in [-0.2, 0) is 4.79 Å². The van der Waals surface area contributed by atoms with Gasteiger partial charge in [0.05, 0.1) is 11.4 Å². The van der Waals surface area contributed by atoms with E-state index < -0.39 is 0 Å². The van der Waals surface area contributed by atoms with Crippen LogP contribution in [-0.4, -0.2) is 48.1 Å². The van der Waals surface area contributed by atoms with Crippen molar-refractivity contribution in [2.24, 2.45) is 0 Å². The van der Waals surface area contributed by atoms with Crippen LogP contribution in [0.4, 0.5) is 5.69 Å². The second-order valence-corrected chi connectivity index (χ2v) is 7.20. The van der Waals surface area contributed by atoms with Crippen molar-refractivity contribution in [2.75, 3.05) is 30.7 Å². The summed E-state index contributed by atoms with van der Waals surface area (Å²) >= 11 is 1.50. The minimum Gasteiger partial charge on any atom is -0.351 e. The van der Waals surface area contributed by atoms with Crippen LogP contribution < -0.4 is 10.6 Å². The number of carbonyl (C=O) groups excluding carboxylic acids is 2. The Bertz CT molecular complexity index is 606. The zero-order chi connectivity index (χ0) is 16.2. The Morgan fingerprint density at radius 3 is 3.13 bits per heavy atom. The van der Waals surface area contributed by atoms with Crippen LogP contribution in [0, 0.1) is 0 Å². The Labute approximate surface area is 141 Å². The summed E-state index contributed by atoms with van der Waals surface area (Å²) in [6.45, 7) is 4.93. The molecule has 0 radical (unpaired) electrons. The molecule has 124 valence electrons. The molecule has 2 aliphatic rings. The molecule has 1 saturated heterocycles. The van der Waals surface area contributed by atoms with Crippen molar-refractivity contribution in [3.05, 3.63) is 23.8 Å². The first-order valence-corrected chi connectivity index (χ1v) is 9.21. The van der Waals surface area contributed by atoms with E-state index in [1.54, 1.807) is 6.07 Å². The number of fused-ring (bicyclic) bond motifs is 1. The first kappa shape index (κ1) is 16.3. The molecule has 0 unspecified atom stereocenters. The summed E-state index contributed by atoms with van der Waals surface area (Å²) < 4.78 is 0. The van der Waals surface area contributed by atoms with E-state index in [9.17, 15) is 9.59 Å². The monoisotopic (exact) mass is 333 g/mol. The van der Waals surface area contributed by atoms with E-state index in [0.717, 1.165) is 23.7 Å². The summed E-state index contributed by atoms with van der Waals surface area (Å²) in [5, 5.41) is 5.81. The maximum Gasteiger partial charge on any atom is 0.251 e. The van der Waals surface area contributed by atoms with Gasteiger partial charge >= 0.3 is 0 Å². The van der Waals surface area contributed by atoms with Gasteiger partial charge in [0, 0.05) is 29.6 Å². The normalized spacial score (nSPS) is 21.4. The van der Waals surface area contributed by atoms with E-state index >= 15 is 0 Å². The number of anilines is 1. The minimum atomic E-state index is -0.0812. The van der Waals surface area contributed by atoms with Crippen LogP contribution in [0.2, 0.25) is 0 Å². The molecule has 1 atom stereocenters. The molecular formula is C17H23N3O2S. The molecule has 2 N–H and O–H groups in total. The fourth-order valence-electron chi connectivity index (χ4n) is 3.13. The molecule has 1 aromatic carbocycles. The molecule has 0 aromatic heterocycles. The van der Waals surface area contributed by atoms with Crippen LogP contribution in [0.5, 0.6) is 0 Å². The fraction of sp³-hybridized carbons (Fsp3) is 0.529. The van der Waals surface area contributed by atoms with Crippen LogP contribution in [0.25, 0.3) is 0 Å². The van der Waals surface area contributed by atoms with Gasteiger partial charge in [-0.2, -0.15) is 0 Å². The molecule has 1 fully saturated rings. The average Bonchev–Trinajstić information content (AvgIpc) is 2.55. The maximum atomic E-state index is 12.3. The second-order valence-electron chi connectivity index (χ2n) is 6.18. The quantitative estimate of drug-likeness (QED) is 0.888. The lowest BCUT2D eigenvalue weighted by molar-refractivity contribution is -0.113. The molecule has 2 aliphatic heterocycles. The summed E-state index contributed by atoms with van der Waals surface area (Å²) in [7, 11) is 0. The molecular weight excluding hydrogens is 310 g/mol. The number of piperidine rings is 1. The van der Waals surface area contributed by atoms with Gasteiger partial charge in [-0.15, -0.1) is 11.8 Å². The number of carbonyl (C=O) groups is 2. The minimum absolute atomic E-state index is 0.0147. The lowest BCUT2D eigenvalue weighted by Crippen LogP contribution is -2.42. The molecule has 6 heteroatoms. The van der Waals surface area contributed by atoms with Gasteiger partial charge in [0.15, 0.2) is 0 Å². The molecule has 0 bridgehead atoms. The van der Waals surface area contributed by atoms with Crippen molar-refractivity contribution in [2.45, 2.75) is 37.1 Å². The van der Waals surface area contributed by atoms with Gasteiger partial charge < -0.3 is 10.6 Å². The summed E-state index contributed by atoms with van der Waals surface area (Å²) in [5.74, 6) is 0.341. The Hall–Kier alpha value is -1.53. The number of nitrogens with one attached hydrogen (secondary N) is 2. The van der Waals surface area contributed by atoms with E-state index in [-0.39, 0.29) is 11.8 Å². The van der Waals surface area contributed by atoms with Gasteiger partial charge in [-0.25, -0.2) is 0 Å². The van der Waals surface area contributed by atoms with Gasteiger partial charge in [0.2, 0.25) is 5.91 Å². The average molecular weight is 333 g/mol. The van der Waals surface area contributed by atoms with Gasteiger partial charge in [-0.3, -0.25) is 14.5 Å². The van der Waals surface area contributed by atoms with Crippen molar-refractivity contribution in [3.63, 3.8) is 0 Å². The van der Waals surface area contributed by atoms with E-state index in [2.05, 4.69) is 22.5 Å². The van der Waals surface area contributed by atoms with E-state index in [1.807, 2.05) is 12.1 Å². The number of amides is 2. The summed E-state index contributed by atoms with van der Waals surface area (Å²) in [5.41, 5.74) is 1.33. The number of benzene rings is 1. The highest BCUT2D eigenvalue weighted by Gasteiger charge is 2.19. The molecule has 0 spiro atoms. The number of hydrogen-bond donors (Lipinski definition) is 2. The Morgan fingerprint density at radius 2 is 2.30 bits per heavy atom. The van der Waals surface area contributed by atoms with Crippen molar-refractivity contribution in [3.8, 4) is 0 Å². The van der Waals surface area contributed by atoms with Crippen molar-refractivity contribution < 1.29 is 9.59 Å². The number of nitrogens with zero attached hydrogens (tertiary/aromatic N) is 1. The topological polar surface area (TPSA) is 61.4 Å². The van der Waals surface area contributed by atoms with Gasteiger partial charge in [-0.05, 0) is 44.5 Å². The molecule has 3 rings (SSSR count). The largest absolute Gasteiger partial charge is 0.351 e. The summed E-state index contributed by atoms with van der Waals surface area (Å²) in [4.78, 5) is 27.2. The zero-order valence-electron chi connectivity index (χ0n) is 13.4. The summed E-state index contributed by atoms with van der Waals surface area (Å²) in [6.07, 6.45) is 3.81. The fourth-order valence-corrected chi connectivity index (χ4v) is 3.92. The number of likely N-dealkylation sites (tertiary alicyclic amines) is 1. The predicted molar refractivity (Wildman–Crippen MR) is 93.0 cm³/mol. The predicted octanol–water partition coefficient (Wildman–Crippen LogP) is 2.33. The Kier molecular flexibility index (Phi) is 5.23. The highest BCUT2D eigenvalue weighted by Crippen LogP contribution is 2.31. The van der Waals surface area contributed by atoms with Crippen LogP contribution in [0.15, 0.2) is 23.1 Å². The molecule has 0 saturated carbocycles. The van der Waals surface area contributed by atoms with Crippen LogP contribution >= 0.6 is 11.8 Å². The van der Waals surface area contributed by atoms with Crippen molar-refractivity contribution in [1.82, 2.24) is 10.2 Å². The summed E-state index contributed by atoms with van der Waals surface area (Å²) in [6, 6.07) is 6.10. The Balaban J connectivity index is 1.54. The van der Waals surface area contributed by atoms with Gasteiger partial charge in [-0.1, -0.05) is 6.42 Å². The third kappa shape index (κ3) is 4.06. The first-order valence-electron chi connectivity index (χ1n) is 8.22. The molecule has 2 heterocycles. The van der Waals surface area contributed by atoms with Gasteiger partial charge in [0.1, 0.15) is 0 Å². The van der Waals surface area contributed by atoms with Crippen LogP contribution in [0.1, 0.15) is 36.5 Å². The lowest BCUT2D eigenvalue weighted by Gasteiger charge is -2.33. The number of hydrogen-bond acceptors (Lipinski definition) is 4. The van der Waals surface area contributed by atoms with E-state index in [0.29, 0.717) is 23.9 Å². The first-order chi connectivity index (χ1) is 11.1. The van der Waals surface area contributed by atoms with Crippen molar-refractivity contribution in [1.29, 1.82) is 0 Å². The number of thioether (sulfide) groups is 1. The maximum absolute atomic E-state index is 12.3. The highest BCUT2D eigenvalue weighted by molar-refractivity contribution is 8.00. The lowest BCUT2D eigenvalue weighted by atomic mass is 10.0. The molecule has 2 amide bonds. The van der Waals surface area contributed by atoms with E-state index in [1.165, 1.54) is 31.0 Å². The molecule has 0 aliphatic carbocycles. The second kappa shape index (κ2) is 7.36. The number of rotatable bonds is 4. The van der Waals surface area contributed by atoms with Crippen molar-refractivity contribution >= 4 is 29.3 Å².